The molecule has 0 spiro atoms. The molecular formula is C18H15BrN2O2. The number of allylic oxidation sites excluding steroid dienone is 2. The lowest BCUT2D eigenvalue weighted by Crippen LogP contribution is -2.29. The molecule has 2 aromatic carbocycles. The molecule has 0 bridgehead atoms. The molecule has 1 aliphatic carbocycles. The van der Waals surface area contributed by atoms with Gasteiger partial charge in [0.05, 0.1) is 11.0 Å². The summed E-state index contributed by atoms with van der Waals surface area (Å²) >= 11 is 3.55. The molecule has 0 unspecified atom stereocenters. The van der Waals surface area contributed by atoms with Crippen molar-refractivity contribution in [1.82, 2.24) is 0 Å². The van der Waals surface area contributed by atoms with E-state index in [-0.39, 0.29) is 16.7 Å². The summed E-state index contributed by atoms with van der Waals surface area (Å²) in [5.74, 6) is 0.835. The molecule has 2 aromatic rings. The van der Waals surface area contributed by atoms with Gasteiger partial charge in [-0.05, 0) is 41.7 Å². The highest BCUT2D eigenvalue weighted by atomic mass is 79.9. The smallest absolute Gasteiger partial charge is 0.269 e. The predicted molar refractivity (Wildman–Crippen MR) is 93.6 cm³/mol. The van der Waals surface area contributed by atoms with Gasteiger partial charge in [0, 0.05) is 28.2 Å². The van der Waals surface area contributed by atoms with E-state index >= 15 is 0 Å². The zero-order valence-corrected chi connectivity index (χ0v) is 13.9. The van der Waals surface area contributed by atoms with Gasteiger partial charge in [0.2, 0.25) is 0 Å². The van der Waals surface area contributed by atoms with Crippen LogP contribution < -0.4 is 5.32 Å². The van der Waals surface area contributed by atoms with E-state index in [2.05, 4.69) is 45.5 Å². The van der Waals surface area contributed by atoms with E-state index in [1.807, 2.05) is 18.2 Å². The number of benzene rings is 2. The van der Waals surface area contributed by atoms with Crippen LogP contribution in [0.5, 0.6) is 0 Å². The normalized spacial score (nSPS) is 24.7. The maximum absolute atomic E-state index is 10.8. The molecule has 0 saturated heterocycles. The number of rotatable bonds is 2. The van der Waals surface area contributed by atoms with E-state index in [1.165, 1.54) is 5.56 Å². The first-order valence-corrected chi connectivity index (χ1v) is 8.40. The van der Waals surface area contributed by atoms with Gasteiger partial charge in [0.15, 0.2) is 0 Å². The molecule has 1 aliphatic heterocycles. The van der Waals surface area contributed by atoms with E-state index in [9.17, 15) is 10.1 Å². The quantitative estimate of drug-likeness (QED) is 0.449. The Kier molecular flexibility index (Phi) is 3.45. The highest BCUT2D eigenvalue weighted by Gasteiger charge is 2.37. The van der Waals surface area contributed by atoms with Gasteiger partial charge < -0.3 is 5.32 Å². The molecule has 4 rings (SSSR count). The van der Waals surface area contributed by atoms with Gasteiger partial charge in [0.25, 0.3) is 5.69 Å². The third-order valence-electron chi connectivity index (χ3n) is 4.79. The van der Waals surface area contributed by atoms with Crippen LogP contribution in [-0.2, 0) is 0 Å². The summed E-state index contributed by atoms with van der Waals surface area (Å²) in [5, 5.41) is 14.5. The lowest BCUT2D eigenvalue weighted by Gasteiger charge is -2.37. The molecule has 5 heteroatoms. The zero-order valence-electron chi connectivity index (χ0n) is 12.3. The molecule has 0 radical (unpaired) electrons. The summed E-state index contributed by atoms with van der Waals surface area (Å²) in [6.45, 7) is 0. The molecule has 23 heavy (non-hydrogen) atoms. The number of non-ortho nitro benzene ring substituents is 1. The van der Waals surface area contributed by atoms with E-state index < -0.39 is 0 Å². The number of nitro groups is 1. The molecular weight excluding hydrogens is 356 g/mol. The van der Waals surface area contributed by atoms with Crippen LogP contribution in [0.3, 0.4) is 0 Å². The fourth-order valence-electron chi connectivity index (χ4n) is 3.70. The standard InChI is InChI=1S/C18H15BrN2O2/c19-12-6-9-17-16(10-12)14-2-1-3-15(14)18(20-17)11-4-7-13(8-5-11)21(22)23/h1-2,4-10,14-15,18,20H,3H2/t14-,15+,18-/m0/s1. The summed E-state index contributed by atoms with van der Waals surface area (Å²) < 4.78 is 1.09. The Balaban J connectivity index is 1.73. The SMILES string of the molecule is O=[N+]([O-])c1ccc([C@@H]2Nc3ccc(Br)cc3[C@H]3C=CC[C@H]32)cc1. The second-order valence-electron chi connectivity index (χ2n) is 6.06. The number of nitro benzene ring substituents is 1. The number of hydrogen-bond donors (Lipinski definition) is 1. The van der Waals surface area contributed by atoms with Crippen molar-refractivity contribution in [2.24, 2.45) is 5.92 Å². The molecule has 3 atom stereocenters. The molecule has 0 aromatic heterocycles. The minimum Gasteiger partial charge on any atom is -0.378 e. The van der Waals surface area contributed by atoms with Crippen molar-refractivity contribution < 1.29 is 4.92 Å². The molecule has 4 nitrogen and oxygen atoms in total. The third-order valence-corrected chi connectivity index (χ3v) is 5.28. The van der Waals surface area contributed by atoms with E-state index in [4.69, 9.17) is 0 Å². The summed E-state index contributed by atoms with van der Waals surface area (Å²) in [5.41, 5.74) is 3.69. The maximum atomic E-state index is 10.8. The van der Waals surface area contributed by atoms with Gasteiger partial charge in [-0.15, -0.1) is 0 Å². The van der Waals surface area contributed by atoms with Crippen LogP contribution >= 0.6 is 15.9 Å². The average molecular weight is 371 g/mol. The first kappa shape index (κ1) is 14.5. The van der Waals surface area contributed by atoms with E-state index in [0.717, 1.165) is 22.1 Å². The second-order valence-corrected chi connectivity index (χ2v) is 6.97. The highest BCUT2D eigenvalue weighted by molar-refractivity contribution is 9.10. The number of anilines is 1. The van der Waals surface area contributed by atoms with Crippen LogP contribution in [0.25, 0.3) is 0 Å². The molecule has 0 amide bonds. The van der Waals surface area contributed by atoms with Gasteiger partial charge >= 0.3 is 0 Å². The van der Waals surface area contributed by atoms with Crippen molar-refractivity contribution in [3.63, 3.8) is 0 Å². The Morgan fingerprint density at radius 3 is 2.70 bits per heavy atom. The molecule has 0 fully saturated rings. The van der Waals surface area contributed by atoms with Crippen molar-refractivity contribution in [2.75, 3.05) is 5.32 Å². The van der Waals surface area contributed by atoms with Crippen LogP contribution in [0, 0.1) is 16.0 Å². The van der Waals surface area contributed by atoms with Crippen LogP contribution in [-0.4, -0.2) is 4.92 Å². The Morgan fingerprint density at radius 2 is 1.96 bits per heavy atom. The van der Waals surface area contributed by atoms with Crippen LogP contribution in [0.1, 0.15) is 29.5 Å². The Morgan fingerprint density at radius 1 is 1.17 bits per heavy atom. The van der Waals surface area contributed by atoms with Crippen molar-refractivity contribution in [3.8, 4) is 0 Å². The second kappa shape index (κ2) is 5.49. The molecule has 1 N–H and O–H groups in total. The summed E-state index contributed by atoms with van der Waals surface area (Å²) in [6, 6.07) is 13.4. The van der Waals surface area contributed by atoms with E-state index in [1.54, 1.807) is 12.1 Å². The fraction of sp³-hybridized carbons (Fsp3) is 0.222. The summed E-state index contributed by atoms with van der Waals surface area (Å²) in [4.78, 5) is 10.5. The lowest BCUT2D eigenvalue weighted by molar-refractivity contribution is -0.384. The number of hydrogen-bond acceptors (Lipinski definition) is 3. The van der Waals surface area contributed by atoms with Gasteiger partial charge in [-0.25, -0.2) is 0 Å². The Hall–Kier alpha value is -2.14. The van der Waals surface area contributed by atoms with Crippen molar-refractivity contribution >= 4 is 27.3 Å². The number of nitrogens with zero attached hydrogens (tertiary/aromatic N) is 1. The maximum Gasteiger partial charge on any atom is 0.269 e. The number of fused-ring (bicyclic) bond motifs is 3. The first-order chi connectivity index (χ1) is 11.1. The highest BCUT2D eigenvalue weighted by Crippen LogP contribution is 2.50. The number of nitrogens with one attached hydrogen (secondary N) is 1. The van der Waals surface area contributed by atoms with Gasteiger partial charge in [-0.2, -0.15) is 0 Å². The van der Waals surface area contributed by atoms with Crippen LogP contribution in [0.2, 0.25) is 0 Å². The van der Waals surface area contributed by atoms with Crippen molar-refractivity contribution in [3.05, 3.63) is 80.3 Å². The summed E-state index contributed by atoms with van der Waals surface area (Å²) in [6.07, 6.45) is 5.55. The number of halogens is 1. The largest absolute Gasteiger partial charge is 0.378 e. The van der Waals surface area contributed by atoms with E-state index in [0.29, 0.717) is 11.8 Å². The Bertz CT molecular complexity index is 801. The molecule has 116 valence electrons. The average Bonchev–Trinajstić information content (AvgIpc) is 3.04. The minimum absolute atomic E-state index is 0.134. The van der Waals surface area contributed by atoms with Crippen molar-refractivity contribution in [1.29, 1.82) is 0 Å². The van der Waals surface area contributed by atoms with Gasteiger partial charge in [-0.3, -0.25) is 10.1 Å². The zero-order chi connectivity index (χ0) is 16.0. The lowest BCUT2D eigenvalue weighted by atomic mass is 9.77. The fourth-order valence-corrected chi connectivity index (χ4v) is 4.08. The van der Waals surface area contributed by atoms with Crippen molar-refractivity contribution in [2.45, 2.75) is 18.4 Å². The van der Waals surface area contributed by atoms with Crippen LogP contribution in [0.4, 0.5) is 11.4 Å². The molecule has 1 heterocycles. The third kappa shape index (κ3) is 2.45. The minimum atomic E-state index is -0.356. The summed E-state index contributed by atoms with van der Waals surface area (Å²) in [7, 11) is 0. The monoisotopic (exact) mass is 370 g/mol. The first-order valence-electron chi connectivity index (χ1n) is 7.60. The molecule has 2 aliphatic rings. The van der Waals surface area contributed by atoms with Crippen LogP contribution in [0.15, 0.2) is 59.1 Å². The van der Waals surface area contributed by atoms with Gasteiger partial charge in [0.1, 0.15) is 0 Å². The topological polar surface area (TPSA) is 55.2 Å². The predicted octanol–water partition coefficient (Wildman–Crippen LogP) is 5.18. The molecule has 0 saturated carbocycles. The Labute approximate surface area is 142 Å². The van der Waals surface area contributed by atoms with Gasteiger partial charge in [-0.1, -0.05) is 40.2 Å².